The van der Waals surface area contributed by atoms with E-state index in [0.29, 0.717) is 0 Å². The lowest BCUT2D eigenvalue weighted by Crippen LogP contribution is -2.40. The number of hydrogen-bond donors (Lipinski definition) is 0. The molecular formula is C28H28P+. The van der Waals surface area contributed by atoms with Crippen molar-refractivity contribution in [2.45, 2.75) is 27.7 Å². The van der Waals surface area contributed by atoms with Crippen LogP contribution in [-0.2, 0) is 0 Å². The van der Waals surface area contributed by atoms with Gasteiger partial charge in [0.1, 0.15) is 28.5 Å². The van der Waals surface area contributed by atoms with Gasteiger partial charge in [0.25, 0.3) is 0 Å². The summed E-state index contributed by atoms with van der Waals surface area (Å²) in [6.45, 7) is 9.08. The molecule has 0 aliphatic carbocycles. The Hall–Kier alpha value is -2.69. The van der Waals surface area contributed by atoms with E-state index in [0.717, 1.165) is 0 Å². The molecule has 0 nitrogen and oxygen atoms in total. The Labute approximate surface area is 175 Å². The lowest BCUT2D eigenvalue weighted by atomic mass is 10.00. The van der Waals surface area contributed by atoms with Crippen LogP contribution in [0.1, 0.15) is 22.3 Å². The van der Waals surface area contributed by atoms with Crippen LogP contribution < -0.4 is 21.2 Å². The van der Waals surface area contributed by atoms with Crippen LogP contribution in [-0.4, -0.2) is 0 Å². The van der Waals surface area contributed by atoms with Crippen molar-refractivity contribution in [3.8, 4) is 0 Å². The Kier molecular flexibility index (Phi) is 5.39. The maximum absolute atomic E-state index is 2.46. The summed E-state index contributed by atoms with van der Waals surface area (Å²) in [6, 6.07) is 35.8. The van der Waals surface area contributed by atoms with E-state index in [9.17, 15) is 0 Å². The topological polar surface area (TPSA) is 0 Å². The van der Waals surface area contributed by atoms with Crippen LogP contribution in [0.15, 0.2) is 97.1 Å². The first-order chi connectivity index (χ1) is 14.1. The van der Waals surface area contributed by atoms with Gasteiger partial charge in [-0.25, -0.2) is 0 Å². The molecule has 0 spiro atoms. The average molecular weight is 396 g/mol. The van der Waals surface area contributed by atoms with Gasteiger partial charge < -0.3 is 0 Å². The standard InChI is InChI=1S/C28H28P/c1-21-20-28(24(4)23(3)22(21)2)29(25-14-8-5-9-15-25,26-16-10-6-11-17-26)27-18-12-7-13-19-27/h5-20H,1-4H3/q+1. The molecule has 0 saturated carbocycles. The number of rotatable bonds is 4. The highest BCUT2D eigenvalue weighted by atomic mass is 31.2. The summed E-state index contributed by atoms with van der Waals surface area (Å²) in [7, 11) is -2.02. The van der Waals surface area contributed by atoms with Gasteiger partial charge in [-0.05, 0) is 92.4 Å². The summed E-state index contributed by atoms with van der Waals surface area (Å²) in [5, 5.41) is 5.69. The third-order valence-corrected chi connectivity index (χ3v) is 10.7. The summed E-state index contributed by atoms with van der Waals surface area (Å²) in [5.41, 5.74) is 5.60. The molecule has 0 fully saturated rings. The molecule has 0 N–H and O–H groups in total. The fourth-order valence-electron chi connectivity index (χ4n) is 4.36. The lowest BCUT2D eigenvalue weighted by Gasteiger charge is -2.30. The Morgan fingerprint density at radius 2 is 0.828 bits per heavy atom. The number of benzene rings is 4. The maximum Gasteiger partial charge on any atom is 0.144 e. The fraction of sp³-hybridized carbons (Fsp3) is 0.143. The largest absolute Gasteiger partial charge is 0.144 e. The van der Waals surface area contributed by atoms with Gasteiger partial charge in [0.05, 0.1) is 0 Å². The molecule has 1 heteroatoms. The predicted molar refractivity (Wildman–Crippen MR) is 130 cm³/mol. The third-order valence-electron chi connectivity index (χ3n) is 6.25. The molecule has 0 radical (unpaired) electrons. The first-order valence-corrected chi connectivity index (χ1v) is 12.0. The second-order valence-electron chi connectivity index (χ2n) is 7.77. The fourth-order valence-corrected chi connectivity index (χ4v) is 9.00. The SMILES string of the molecule is Cc1cc([P+](c2ccccc2)(c2ccccc2)c2ccccc2)c(C)c(C)c1C. The van der Waals surface area contributed by atoms with Gasteiger partial charge in [-0.1, -0.05) is 54.6 Å². The van der Waals surface area contributed by atoms with E-state index in [1.807, 2.05) is 0 Å². The van der Waals surface area contributed by atoms with Crippen LogP contribution in [0, 0.1) is 27.7 Å². The summed E-state index contributed by atoms with van der Waals surface area (Å²) in [5.74, 6) is 0. The van der Waals surface area contributed by atoms with Crippen LogP contribution >= 0.6 is 7.26 Å². The Morgan fingerprint density at radius 3 is 1.21 bits per heavy atom. The van der Waals surface area contributed by atoms with Gasteiger partial charge in [-0.2, -0.15) is 0 Å². The van der Waals surface area contributed by atoms with Crippen molar-refractivity contribution < 1.29 is 0 Å². The van der Waals surface area contributed by atoms with E-state index >= 15 is 0 Å². The van der Waals surface area contributed by atoms with Gasteiger partial charge in [0.2, 0.25) is 0 Å². The van der Waals surface area contributed by atoms with Gasteiger partial charge >= 0.3 is 0 Å². The van der Waals surface area contributed by atoms with Crippen LogP contribution in [0.4, 0.5) is 0 Å². The summed E-state index contributed by atoms with van der Waals surface area (Å²) in [4.78, 5) is 0. The molecule has 0 atom stereocenters. The summed E-state index contributed by atoms with van der Waals surface area (Å²) in [6.07, 6.45) is 0. The van der Waals surface area contributed by atoms with Crippen molar-refractivity contribution in [1.29, 1.82) is 0 Å². The number of hydrogen-bond acceptors (Lipinski definition) is 0. The molecule has 144 valence electrons. The van der Waals surface area contributed by atoms with Crippen molar-refractivity contribution in [3.05, 3.63) is 119 Å². The first kappa shape index (κ1) is 19.6. The minimum absolute atomic E-state index is 1.37. The zero-order valence-electron chi connectivity index (χ0n) is 17.7. The van der Waals surface area contributed by atoms with Gasteiger partial charge in [0, 0.05) is 0 Å². The van der Waals surface area contributed by atoms with Crippen LogP contribution in [0.5, 0.6) is 0 Å². The second-order valence-corrected chi connectivity index (χ2v) is 11.1. The lowest BCUT2D eigenvalue weighted by molar-refractivity contribution is 1.23. The molecule has 0 heterocycles. The number of aryl methyl sites for hydroxylation is 1. The van der Waals surface area contributed by atoms with E-state index in [1.165, 1.54) is 43.5 Å². The van der Waals surface area contributed by atoms with Crippen molar-refractivity contribution >= 4 is 28.5 Å². The smallest absolute Gasteiger partial charge is 0.0620 e. The Morgan fingerprint density at radius 1 is 0.448 bits per heavy atom. The highest BCUT2D eigenvalue weighted by Gasteiger charge is 2.49. The normalized spacial score (nSPS) is 11.4. The van der Waals surface area contributed by atoms with Crippen molar-refractivity contribution in [1.82, 2.24) is 0 Å². The quantitative estimate of drug-likeness (QED) is 0.398. The molecule has 0 saturated heterocycles. The van der Waals surface area contributed by atoms with Crippen molar-refractivity contribution in [2.24, 2.45) is 0 Å². The summed E-state index contributed by atoms with van der Waals surface area (Å²) >= 11 is 0. The zero-order chi connectivity index (χ0) is 20.4. The molecule has 4 aromatic carbocycles. The van der Waals surface area contributed by atoms with E-state index in [4.69, 9.17) is 0 Å². The minimum atomic E-state index is -2.02. The van der Waals surface area contributed by atoms with E-state index in [-0.39, 0.29) is 0 Å². The maximum atomic E-state index is 2.46. The zero-order valence-corrected chi connectivity index (χ0v) is 18.6. The van der Waals surface area contributed by atoms with E-state index in [1.54, 1.807) is 0 Å². The van der Waals surface area contributed by atoms with Crippen LogP contribution in [0.25, 0.3) is 0 Å². The molecule has 0 aromatic heterocycles. The first-order valence-electron chi connectivity index (χ1n) is 10.2. The van der Waals surface area contributed by atoms with Crippen molar-refractivity contribution in [3.63, 3.8) is 0 Å². The average Bonchev–Trinajstić information content (AvgIpc) is 2.78. The Bertz CT molecular complexity index is 1020. The van der Waals surface area contributed by atoms with Gasteiger partial charge in [-0.3, -0.25) is 0 Å². The highest BCUT2D eigenvalue weighted by molar-refractivity contribution is 8.01. The van der Waals surface area contributed by atoms with Crippen LogP contribution in [0.3, 0.4) is 0 Å². The molecule has 0 aliphatic rings. The monoisotopic (exact) mass is 395 g/mol. The minimum Gasteiger partial charge on any atom is -0.0620 e. The molecular weight excluding hydrogens is 367 g/mol. The van der Waals surface area contributed by atoms with Gasteiger partial charge in [-0.15, -0.1) is 0 Å². The van der Waals surface area contributed by atoms with Gasteiger partial charge in [0.15, 0.2) is 0 Å². The molecule has 0 aliphatic heterocycles. The Balaban J connectivity index is 2.22. The molecule has 4 rings (SSSR count). The van der Waals surface area contributed by atoms with Crippen LogP contribution in [0.2, 0.25) is 0 Å². The summed E-state index contributed by atoms with van der Waals surface area (Å²) < 4.78 is 0. The third kappa shape index (κ3) is 3.22. The predicted octanol–water partition coefficient (Wildman–Crippen LogP) is 5.54. The van der Waals surface area contributed by atoms with E-state index in [2.05, 4.69) is 125 Å². The molecule has 0 bridgehead atoms. The molecule has 0 amide bonds. The molecule has 29 heavy (non-hydrogen) atoms. The van der Waals surface area contributed by atoms with Crippen molar-refractivity contribution in [2.75, 3.05) is 0 Å². The highest BCUT2D eigenvalue weighted by Crippen LogP contribution is 2.55. The van der Waals surface area contributed by atoms with E-state index < -0.39 is 7.26 Å². The molecule has 0 unspecified atom stereocenters. The second kappa shape index (κ2) is 7.97. The molecule has 4 aromatic rings.